The molecule has 0 bridgehead atoms. The molecule has 0 aliphatic carbocycles. The predicted molar refractivity (Wildman–Crippen MR) is 74.6 cm³/mol. The fourth-order valence-electron chi connectivity index (χ4n) is 1.75. The van der Waals surface area contributed by atoms with Gasteiger partial charge in [0.2, 0.25) is 5.82 Å². The lowest BCUT2D eigenvalue weighted by atomic mass is 10.2. The van der Waals surface area contributed by atoms with E-state index in [2.05, 4.69) is 10.1 Å². The van der Waals surface area contributed by atoms with Crippen molar-refractivity contribution in [2.24, 2.45) is 0 Å². The maximum atomic E-state index is 13.2. The fourth-order valence-corrected chi connectivity index (χ4v) is 1.93. The smallest absolute Gasteiger partial charge is 0.258 e. The molecular formula is C14H9ClFN3O. The number of nitrogens with zero attached hydrogens (tertiary/aromatic N) is 2. The number of rotatable bonds is 2. The summed E-state index contributed by atoms with van der Waals surface area (Å²) in [6, 6.07) is 11.0. The zero-order valence-corrected chi connectivity index (χ0v) is 10.9. The van der Waals surface area contributed by atoms with Crippen LogP contribution in [0.2, 0.25) is 5.02 Å². The largest absolute Gasteiger partial charge is 0.398 e. The summed E-state index contributed by atoms with van der Waals surface area (Å²) < 4.78 is 18.3. The van der Waals surface area contributed by atoms with Gasteiger partial charge in [-0.2, -0.15) is 4.98 Å². The highest BCUT2D eigenvalue weighted by Crippen LogP contribution is 2.27. The van der Waals surface area contributed by atoms with Crippen LogP contribution in [0.4, 0.5) is 10.1 Å². The van der Waals surface area contributed by atoms with E-state index in [9.17, 15) is 4.39 Å². The van der Waals surface area contributed by atoms with Crippen LogP contribution < -0.4 is 5.73 Å². The Hall–Kier alpha value is -2.40. The number of anilines is 1. The van der Waals surface area contributed by atoms with Gasteiger partial charge in [-0.15, -0.1) is 0 Å². The van der Waals surface area contributed by atoms with Gasteiger partial charge in [0.25, 0.3) is 5.89 Å². The van der Waals surface area contributed by atoms with Crippen molar-refractivity contribution in [1.82, 2.24) is 10.1 Å². The first kappa shape index (κ1) is 12.6. The van der Waals surface area contributed by atoms with Crippen molar-refractivity contribution in [2.75, 3.05) is 5.73 Å². The highest BCUT2D eigenvalue weighted by molar-refractivity contribution is 6.33. The van der Waals surface area contributed by atoms with Crippen LogP contribution in [-0.2, 0) is 0 Å². The second-order valence-corrected chi connectivity index (χ2v) is 4.58. The van der Waals surface area contributed by atoms with Crippen LogP contribution in [-0.4, -0.2) is 10.1 Å². The Labute approximate surface area is 119 Å². The summed E-state index contributed by atoms with van der Waals surface area (Å²) >= 11 is 5.94. The van der Waals surface area contributed by atoms with Gasteiger partial charge in [-0.05, 0) is 30.3 Å². The lowest BCUT2D eigenvalue weighted by molar-refractivity contribution is 0.432. The van der Waals surface area contributed by atoms with Crippen molar-refractivity contribution < 1.29 is 8.91 Å². The number of aromatic nitrogens is 2. The summed E-state index contributed by atoms with van der Waals surface area (Å²) in [6.45, 7) is 0. The highest BCUT2D eigenvalue weighted by atomic mass is 35.5. The average Bonchev–Trinajstić information content (AvgIpc) is 2.92. The normalized spacial score (nSPS) is 10.7. The van der Waals surface area contributed by atoms with Gasteiger partial charge in [-0.1, -0.05) is 28.9 Å². The standard InChI is InChI=1S/C14H9ClFN3O/c15-11-7-9(4-5-12(11)17)14-18-13(19-20-14)8-2-1-3-10(16)6-8/h1-7H,17H2. The molecule has 0 saturated heterocycles. The Morgan fingerprint density at radius 2 is 1.95 bits per heavy atom. The molecule has 0 radical (unpaired) electrons. The molecule has 3 rings (SSSR count). The van der Waals surface area contributed by atoms with Gasteiger partial charge in [0.15, 0.2) is 0 Å². The molecule has 0 aliphatic rings. The maximum Gasteiger partial charge on any atom is 0.258 e. The van der Waals surface area contributed by atoms with Crippen LogP contribution in [0.5, 0.6) is 0 Å². The lowest BCUT2D eigenvalue weighted by Gasteiger charge is -1.98. The molecule has 4 nitrogen and oxygen atoms in total. The zero-order valence-electron chi connectivity index (χ0n) is 10.2. The van der Waals surface area contributed by atoms with Gasteiger partial charge < -0.3 is 10.3 Å². The number of halogens is 2. The van der Waals surface area contributed by atoms with E-state index in [-0.39, 0.29) is 5.82 Å². The van der Waals surface area contributed by atoms with E-state index < -0.39 is 0 Å². The molecule has 1 aromatic heterocycles. The van der Waals surface area contributed by atoms with Gasteiger partial charge in [0, 0.05) is 11.1 Å². The fraction of sp³-hybridized carbons (Fsp3) is 0. The number of nitrogens with two attached hydrogens (primary N) is 1. The van der Waals surface area contributed by atoms with Crippen molar-refractivity contribution in [1.29, 1.82) is 0 Å². The summed E-state index contributed by atoms with van der Waals surface area (Å²) in [5.41, 5.74) is 7.31. The third-order valence-electron chi connectivity index (χ3n) is 2.76. The van der Waals surface area contributed by atoms with Gasteiger partial charge in [0.05, 0.1) is 10.7 Å². The molecule has 0 amide bonds. The first-order valence-corrected chi connectivity index (χ1v) is 6.16. The van der Waals surface area contributed by atoms with Crippen molar-refractivity contribution in [3.05, 3.63) is 53.3 Å². The van der Waals surface area contributed by atoms with Crippen LogP contribution in [0.3, 0.4) is 0 Å². The molecule has 0 saturated carbocycles. The molecule has 2 aromatic carbocycles. The minimum Gasteiger partial charge on any atom is -0.398 e. The minimum absolute atomic E-state index is 0.297. The third kappa shape index (κ3) is 2.35. The van der Waals surface area contributed by atoms with Crippen LogP contribution in [0.15, 0.2) is 47.0 Å². The van der Waals surface area contributed by atoms with Gasteiger partial charge >= 0.3 is 0 Å². The van der Waals surface area contributed by atoms with Crippen LogP contribution in [0.25, 0.3) is 22.8 Å². The maximum absolute atomic E-state index is 13.2. The summed E-state index contributed by atoms with van der Waals surface area (Å²) in [4.78, 5) is 4.22. The van der Waals surface area contributed by atoms with E-state index >= 15 is 0 Å². The summed E-state index contributed by atoms with van der Waals surface area (Å²) in [7, 11) is 0. The molecular weight excluding hydrogens is 281 g/mol. The molecule has 0 unspecified atom stereocenters. The molecule has 2 N–H and O–H groups in total. The van der Waals surface area contributed by atoms with E-state index in [0.717, 1.165) is 0 Å². The predicted octanol–water partition coefficient (Wildman–Crippen LogP) is 3.78. The highest BCUT2D eigenvalue weighted by Gasteiger charge is 2.12. The number of hydrogen-bond donors (Lipinski definition) is 1. The first-order chi connectivity index (χ1) is 9.63. The SMILES string of the molecule is Nc1ccc(-c2nc(-c3cccc(F)c3)no2)cc1Cl. The Balaban J connectivity index is 1.99. The van der Waals surface area contributed by atoms with Gasteiger partial charge in [-0.25, -0.2) is 4.39 Å². The molecule has 0 atom stereocenters. The van der Waals surface area contributed by atoms with E-state index in [0.29, 0.717) is 33.6 Å². The number of hydrogen-bond acceptors (Lipinski definition) is 4. The Bertz CT molecular complexity index is 773. The van der Waals surface area contributed by atoms with E-state index in [1.54, 1.807) is 30.3 Å². The number of nitrogen functional groups attached to an aromatic ring is 1. The topological polar surface area (TPSA) is 64.9 Å². The Kier molecular flexibility index (Phi) is 3.12. The second-order valence-electron chi connectivity index (χ2n) is 4.17. The lowest BCUT2D eigenvalue weighted by Crippen LogP contribution is -1.87. The van der Waals surface area contributed by atoms with E-state index in [1.807, 2.05) is 0 Å². The molecule has 0 aliphatic heterocycles. The first-order valence-electron chi connectivity index (χ1n) is 5.78. The van der Waals surface area contributed by atoms with Crippen molar-refractivity contribution >= 4 is 17.3 Å². The molecule has 0 spiro atoms. The van der Waals surface area contributed by atoms with E-state index in [4.69, 9.17) is 21.9 Å². The summed E-state index contributed by atoms with van der Waals surface area (Å²) in [5, 5.41) is 4.24. The molecule has 20 heavy (non-hydrogen) atoms. The van der Waals surface area contributed by atoms with Gasteiger partial charge in [-0.3, -0.25) is 0 Å². The molecule has 0 fully saturated rings. The molecule has 6 heteroatoms. The molecule has 100 valence electrons. The third-order valence-corrected chi connectivity index (χ3v) is 3.08. The zero-order chi connectivity index (χ0) is 14.1. The quantitative estimate of drug-likeness (QED) is 0.729. The Morgan fingerprint density at radius 3 is 2.70 bits per heavy atom. The summed E-state index contributed by atoms with van der Waals surface area (Å²) in [6.07, 6.45) is 0. The van der Waals surface area contributed by atoms with Crippen LogP contribution in [0.1, 0.15) is 0 Å². The summed E-state index contributed by atoms with van der Waals surface area (Å²) in [5.74, 6) is 0.253. The van der Waals surface area contributed by atoms with Crippen LogP contribution in [0, 0.1) is 5.82 Å². The average molecular weight is 290 g/mol. The molecule has 1 heterocycles. The van der Waals surface area contributed by atoms with Crippen molar-refractivity contribution in [3.63, 3.8) is 0 Å². The second kappa shape index (κ2) is 4.94. The number of benzene rings is 2. The van der Waals surface area contributed by atoms with Crippen LogP contribution >= 0.6 is 11.6 Å². The Morgan fingerprint density at radius 1 is 1.10 bits per heavy atom. The minimum atomic E-state index is -0.357. The van der Waals surface area contributed by atoms with Crippen molar-refractivity contribution in [2.45, 2.75) is 0 Å². The van der Waals surface area contributed by atoms with Gasteiger partial charge in [0.1, 0.15) is 5.82 Å². The monoisotopic (exact) mass is 289 g/mol. The van der Waals surface area contributed by atoms with E-state index in [1.165, 1.54) is 12.1 Å². The molecule has 3 aromatic rings. The van der Waals surface area contributed by atoms with Crippen molar-refractivity contribution in [3.8, 4) is 22.8 Å².